The van der Waals surface area contributed by atoms with Crippen molar-refractivity contribution in [1.29, 1.82) is 0 Å². The van der Waals surface area contributed by atoms with Gasteiger partial charge in [0, 0.05) is 12.6 Å². The number of nitrogens with one attached hydrogen (secondary N) is 1. The van der Waals surface area contributed by atoms with Crippen LogP contribution in [-0.4, -0.2) is 32.6 Å². The summed E-state index contributed by atoms with van der Waals surface area (Å²) in [6.45, 7) is 4.23. The van der Waals surface area contributed by atoms with Gasteiger partial charge >= 0.3 is 0 Å². The lowest BCUT2D eigenvalue weighted by Crippen LogP contribution is -2.36. The molecule has 0 aromatic heterocycles. The first-order chi connectivity index (χ1) is 9.26. The Hall–Kier alpha value is -1.55. The molecule has 4 heteroatoms. The Labute approximate surface area is 114 Å². The fourth-order valence-electron chi connectivity index (χ4n) is 2.17. The smallest absolute Gasteiger partial charge is 0.174 e. The molecule has 1 N–H and O–H groups in total. The van der Waals surface area contributed by atoms with Crippen LogP contribution in [0.3, 0.4) is 0 Å². The van der Waals surface area contributed by atoms with Gasteiger partial charge < -0.3 is 14.8 Å². The summed E-state index contributed by atoms with van der Waals surface area (Å²) in [5.41, 5.74) is 0.661. The highest BCUT2D eigenvalue weighted by Crippen LogP contribution is 2.30. The monoisotopic (exact) mass is 263 g/mol. The van der Waals surface area contributed by atoms with E-state index >= 15 is 0 Å². The number of benzene rings is 1. The number of hydrogen-bond donors (Lipinski definition) is 1. The van der Waals surface area contributed by atoms with Crippen molar-refractivity contribution in [2.45, 2.75) is 19.8 Å². The number of rotatable bonds is 6. The van der Waals surface area contributed by atoms with Gasteiger partial charge in [-0.2, -0.15) is 0 Å². The van der Waals surface area contributed by atoms with Gasteiger partial charge in [-0.3, -0.25) is 4.79 Å². The Morgan fingerprint density at radius 2 is 2.32 bits per heavy atom. The van der Waals surface area contributed by atoms with E-state index in [-0.39, 0.29) is 11.7 Å². The number of unbranched alkanes of at least 4 members (excludes halogenated alkanes) is 1. The molecule has 0 radical (unpaired) electrons. The number of hydrogen-bond acceptors (Lipinski definition) is 4. The molecule has 0 saturated heterocycles. The fraction of sp³-hybridized carbons (Fsp3) is 0.533. The third kappa shape index (κ3) is 3.26. The number of Topliss-reactive ketones (excluding diaryl/α,β-unsaturated/α-hetero) is 1. The van der Waals surface area contributed by atoms with Crippen molar-refractivity contribution < 1.29 is 14.3 Å². The fourth-order valence-corrected chi connectivity index (χ4v) is 2.17. The molecule has 104 valence electrons. The number of methoxy groups -OCH3 is 1. The predicted octanol–water partition coefficient (Wildman–Crippen LogP) is 2.28. The Kier molecular flexibility index (Phi) is 4.80. The lowest BCUT2D eigenvalue weighted by Gasteiger charge is -2.24. The van der Waals surface area contributed by atoms with Crippen molar-refractivity contribution in [3.05, 3.63) is 23.8 Å². The lowest BCUT2D eigenvalue weighted by molar-refractivity contribution is 0.0829. The molecule has 0 amide bonds. The normalized spacial score (nSPS) is 17.8. The first-order valence-corrected chi connectivity index (χ1v) is 6.82. The molecule has 0 bridgehead atoms. The molecular formula is C15H21NO3. The molecule has 1 aliphatic heterocycles. The largest absolute Gasteiger partial charge is 0.497 e. The van der Waals surface area contributed by atoms with E-state index in [9.17, 15) is 4.79 Å². The van der Waals surface area contributed by atoms with E-state index in [2.05, 4.69) is 12.2 Å². The van der Waals surface area contributed by atoms with Crippen molar-refractivity contribution in [3.8, 4) is 11.5 Å². The number of ketones is 1. The van der Waals surface area contributed by atoms with Crippen LogP contribution in [0.15, 0.2) is 18.2 Å². The molecule has 4 nitrogen and oxygen atoms in total. The van der Waals surface area contributed by atoms with Crippen molar-refractivity contribution in [1.82, 2.24) is 5.32 Å². The van der Waals surface area contributed by atoms with Gasteiger partial charge in [0.05, 0.1) is 25.2 Å². The Morgan fingerprint density at radius 1 is 1.47 bits per heavy atom. The van der Waals surface area contributed by atoms with Crippen LogP contribution in [0.25, 0.3) is 0 Å². The van der Waals surface area contributed by atoms with E-state index in [4.69, 9.17) is 9.47 Å². The average Bonchev–Trinajstić information content (AvgIpc) is 2.45. The number of carbonyl (C=O) groups excluding carboxylic acids is 1. The summed E-state index contributed by atoms with van der Waals surface area (Å²) < 4.78 is 10.8. The first kappa shape index (κ1) is 13.9. The van der Waals surface area contributed by atoms with Crippen LogP contribution in [0.2, 0.25) is 0 Å². The zero-order valence-electron chi connectivity index (χ0n) is 11.6. The van der Waals surface area contributed by atoms with E-state index in [0.717, 1.165) is 19.4 Å². The van der Waals surface area contributed by atoms with Gasteiger partial charge in [0.25, 0.3) is 0 Å². The summed E-state index contributed by atoms with van der Waals surface area (Å²) >= 11 is 0. The summed E-state index contributed by atoms with van der Waals surface area (Å²) in [6.07, 6.45) is 2.29. The quantitative estimate of drug-likeness (QED) is 0.800. The third-order valence-electron chi connectivity index (χ3n) is 3.36. The maximum atomic E-state index is 12.3. The molecule has 0 fully saturated rings. The van der Waals surface area contributed by atoms with Crippen LogP contribution in [0.5, 0.6) is 11.5 Å². The molecule has 1 aromatic rings. The number of fused-ring (bicyclic) bond motifs is 1. The van der Waals surface area contributed by atoms with Gasteiger partial charge in [-0.15, -0.1) is 0 Å². The van der Waals surface area contributed by atoms with Gasteiger partial charge in [-0.05, 0) is 25.1 Å². The zero-order chi connectivity index (χ0) is 13.7. The third-order valence-corrected chi connectivity index (χ3v) is 3.36. The number of carbonyl (C=O) groups is 1. The van der Waals surface area contributed by atoms with Crippen LogP contribution < -0.4 is 14.8 Å². The second kappa shape index (κ2) is 6.57. The van der Waals surface area contributed by atoms with E-state index < -0.39 is 0 Å². The molecule has 0 spiro atoms. The van der Waals surface area contributed by atoms with Crippen LogP contribution in [0, 0.1) is 5.92 Å². The minimum Gasteiger partial charge on any atom is -0.497 e. The molecule has 1 aliphatic rings. The molecule has 1 aromatic carbocycles. The van der Waals surface area contributed by atoms with Gasteiger partial charge in [-0.25, -0.2) is 0 Å². The van der Waals surface area contributed by atoms with Gasteiger partial charge in [0.2, 0.25) is 0 Å². The van der Waals surface area contributed by atoms with Crippen LogP contribution in [-0.2, 0) is 0 Å². The van der Waals surface area contributed by atoms with Crippen LogP contribution in [0.1, 0.15) is 30.1 Å². The summed E-state index contributed by atoms with van der Waals surface area (Å²) in [6, 6.07) is 5.36. The van der Waals surface area contributed by atoms with E-state index in [1.165, 1.54) is 0 Å². The van der Waals surface area contributed by atoms with Crippen molar-refractivity contribution in [2.75, 3.05) is 26.8 Å². The van der Waals surface area contributed by atoms with Gasteiger partial charge in [0.1, 0.15) is 11.5 Å². The summed E-state index contributed by atoms with van der Waals surface area (Å²) in [4.78, 5) is 12.3. The maximum Gasteiger partial charge on any atom is 0.174 e. The second-order valence-electron chi connectivity index (χ2n) is 4.79. The highest BCUT2D eigenvalue weighted by atomic mass is 16.5. The van der Waals surface area contributed by atoms with E-state index in [1.807, 2.05) is 0 Å². The van der Waals surface area contributed by atoms with Crippen LogP contribution in [0.4, 0.5) is 0 Å². The SMILES string of the molecule is CCCCNCC1COc2cc(OC)ccc2C1=O. The molecule has 1 heterocycles. The summed E-state index contributed by atoms with van der Waals surface area (Å²) in [7, 11) is 1.60. The lowest BCUT2D eigenvalue weighted by atomic mass is 9.95. The topological polar surface area (TPSA) is 47.6 Å². The molecule has 0 saturated carbocycles. The highest BCUT2D eigenvalue weighted by Gasteiger charge is 2.28. The van der Waals surface area contributed by atoms with E-state index in [0.29, 0.717) is 30.2 Å². The maximum absolute atomic E-state index is 12.3. The molecule has 1 atom stereocenters. The first-order valence-electron chi connectivity index (χ1n) is 6.82. The minimum absolute atomic E-state index is 0.0854. The standard InChI is InChI=1S/C15H21NO3/c1-3-4-7-16-9-11-10-19-14-8-12(18-2)5-6-13(14)15(11)17/h5-6,8,11,16H,3-4,7,9-10H2,1-2H3. The van der Waals surface area contributed by atoms with E-state index in [1.54, 1.807) is 25.3 Å². The molecule has 0 aliphatic carbocycles. The highest BCUT2D eigenvalue weighted by molar-refractivity contribution is 6.01. The van der Waals surface area contributed by atoms with Crippen LogP contribution >= 0.6 is 0 Å². The van der Waals surface area contributed by atoms with Crippen molar-refractivity contribution in [3.63, 3.8) is 0 Å². The summed E-state index contributed by atoms with van der Waals surface area (Å²) in [5, 5.41) is 3.31. The minimum atomic E-state index is -0.0854. The average molecular weight is 263 g/mol. The predicted molar refractivity (Wildman–Crippen MR) is 74.1 cm³/mol. The molecular weight excluding hydrogens is 242 g/mol. The molecule has 1 unspecified atom stereocenters. The van der Waals surface area contributed by atoms with Gasteiger partial charge in [0.15, 0.2) is 5.78 Å². The van der Waals surface area contributed by atoms with Gasteiger partial charge in [-0.1, -0.05) is 13.3 Å². The van der Waals surface area contributed by atoms with Crippen molar-refractivity contribution in [2.24, 2.45) is 5.92 Å². The Bertz CT molecular complexity index is 445. The Morgan fingerprint density at radius 3 is 3.05 bits per heavy atom. The molecule has 19 heavy (non-hydrogen) atoms. The Balaban J connectivity index is 1.99. The van der Waals surface area contributed by atoms with Crippen molar-refractivity contribution >= 4 is 5.78 Å². The number of ether oxygens (including phenoxy) is 2. The zero-order valence-corrected chi connectivity index (χ0v) is 11.6. The summed E-state index contributed by atoms with van der Waals surface area (Å²) in [5.74, 6) is 1.42. The second-order valence-corrected chi connectivity index (χ2v) is 4.79. The molecule has 2 rings (SSSR count).